The molecular formula is C20H25N3OS. The van der Waals surface area contributed by atoms with Crippen LogP contribution < -0.4 is 5.32 Å². The van der Waals surface area contributed by atoms with Crippen molar-refractivity contribution in [1.82, 2.24) is 4.90 Å². The molecule has 0 radical (unpaired) electrons. The first kappa shape index (κ1) is 19.2. The van der Waals surface area contributed by atoms with Crippen molar-refractivity contribution in [3.05, 3.63) is 51.9 Å². The topological polar surface area (TPSA) is 56.1 Å². The summed E-state index contributed by atoms with van der Waals surface area (Å²) in [6, 6.07) is 12.2. The fourth-order valence-electron chi connectivity index (χ4n) is 2.62. The lowest BCUT2D eigenvalue weighted by atomic mass is 10.1. The quantitative estimate of drug-likeness (QED) is 0.785. The third-order valence-corrected chi connectivity index (χ3v) is 5.41. The van der Waals surface area contributed by atoms with Crippen LogP contribution in [0.15, 0.2) is 30.3 Å². The highest BCUT2D eigenvalue weighted by Gasteiger charge is 2.13. The summed E-state index contributed by atoms with van der Waals surface area (Å²) < 4.78 is 0. The first-order valence-electron chi connectivity index (χ1n) is 8.65. The van der Waals surface area contributed by atoms with Gasteiger partial charge in [-0.3, -0.25) is 9.69 Å². The van der Waals surface area contributed by atoms with Gasteiger partial charge in [0.1, 0.15) is 11.1 Å². The van der Waals surface area contributed by atoms with Crippen molar-refractivity contribution < 1.29 is 4.79 Å². The van der Waals surface area contributed by atoms with E-state index in [9.17, 15) is 10.1 Å². The number of hydrogen-bond donors (Lipinski definition) is 1. The maximum absolute atomic E-state index is 12.5. The lowest BCUT2D eigenvalue weighted by molar-refractivity contribution is 0.102. The largest absolute Gasteiger partial charge is 0.312 e. The van der Waals surface area contributed by atoms with E-state index in [0.717, 1.165) is 24.4 Å². The third kappa shape index (κ3) is 4.91. The standard InChI is InChI=1S/C20H25N3OS/c1-5-18-11-17(12-21)20(25-18)22-19(24)16-9-7-15(8-10-16)13-23(6-2)14(3)4/h7-11,14H,5-6,13H2,1-4H3,(H,22,24). The van der Waals surface area contributed by atoms with E-state index in [2.05, 4.69) is 37.1 Å². The zero-order valence-corrected chi connectivity index (χ0v) is 16.1. The number of amides is 1. The number of carbonyl (C=O) groups excluding carboxylic acids is 1. The zero-order chi connectivity index (χ0) is 18.4. The van der Waals surface area contributed by atoms with Gasteiger partial charge in [0, 0.05) is 23.0 Å². The van der Waals surface area contributed by atoms with Crippen molar-refractivity contribution in [3.63, 3.8) is 0 Å². The van der Waals surface area contributed by atoms with Crippen LogP contribution in [0, 0.1) is 11.3 Å². The van der Waals surface area contributed by atoms with Gasteiger partial charge in [-0.05, 0) is 50.6 Å². The van der Waals surface area contributed by atoms with Crippen LogP contribution in [-0.2, 0) is 13.0 Å². The highest BCUT2D eigenvalue weighted by atomic mass is 32.1. The molecule has 0 aliphatic heterocycles. The van der Waals surface area contributed by atoms with Crippen molar-refractivity contribution >= 4 is 22.2 Å². The van der Waals surface area contributed by atoms with Crippen LogP contribution in [0.3, 0.4) is 0 Å². The van der Waals surface area contributed by atoms with Crippen molar-refractivity contribution in [2.45, 2.75) is 46.7 Å². The molecule has 2 rings (SSSR count). The normalized spacial score (nSPS) is 10.9. The number of nitrogens with zero attached hydrogens (tertiary/aromatic N) is 2. The summed E-state index contributed by atoms with van der Waals surface area (Å²) in [4.78, 5) is 15.9. The molecule has 0 fully saturated rings. The molecule has 0 aliphatic carbocycles. The maximum Gasteiger partial charge on any atom is 0.256 e. The van der Waals surface area contributed by atoms with Crippen molar-refractivity contribution in [3.8, 4) is 6.07 Å². The van der Waals surface area contributed by atoms with Crippen LogP contribution in [0.2, 0.25) is 0 Å². The van der Waals surface area contributed by atoms with Gasteiger partial charge in [0.25, 0.3) is 5.91 Å². The summed E-state index contributed by atoms with van der Waals surface area (Å²) in [7, 11) is 0. The third-order valence-electron chi connectivity index (χ3n) is 4.22. The summed E-state index contributed by atoms with van der Waals surface area (Å²) in [5.41, 5.74) is 2.32. The molecule has 132 valence electrons. The van der Waals surface area contributed by atoms with E-state index < -0.39 is 0 Å². The number of aryl methyl sites for hydroxylation is 1. The summed E-state index contributed by atoms with van der Waals surface area (Å²) in [6.45, 7) is 10.4. The molecule has 1 aromatic heterocycles. The second-order valence-corrected chi connectivity index (χ2v) is 7.37. The number of hydrogen-bond acceptors (Lipinski definition) is 4. The Labute approximate surface area is 154 Å². The van der Waals surface area contributed by atoms with Gasteiger partial charge in [-0.1, -0.05) is 26.0 Å². The maximum atomic E-state index is 12.5. The van der Waals surface area contributed by atoms with Crippen LogP contribution in [0.4, 0.5) is 5.00 Å². The molecule has 0 saturated carbocycles. The summed E-state index contributed by atoms with van der Waals surface area (Å²) >= 11 is 1.46. The van der Waals surface area contributed by atoms with Gasteiger partial charge in [-0.2, -0.15) is 5.26 Å². The number of thiophene rings is 1. The average Bonchev–Trinajstić information content (AvgIpc) is 3.01. The van der Waals surface area contributed by atoms with E-state index in [0.29, 0.717) is 22.2 Å². The van der Waals surface area contributed by atoms with Crippen LogP contribution in [0.5, 0.6) is 0 Å². The lowest BCUT2D eigenvalue weighted by Crippen LogP contribution is -2.29. The molecule has 1 heterocycles. The smallest absolute Gasteiger partial charge is 0.256 e. The molecule has 0 atom stereocenters. The van der Waals surface area contributed by atoms with Crippen molar-refractivity contribution in [2.24, 2.45) is 0 Å². The van der Waals surface area contributed by atoms with E-state index in [1.807, 2.05) is 37.3 Å². The van der Waals surface area contributed by atoms with Crippen LogP contribution in [0.25, 0.3) is 0 Å². The van der Waals surface area contributed by atoms with Gasteiger partial charge in [-0.25, -0.2) is 0 Å². The molecule has 1 amide bonds. The molecule has 5 heteroatoms. The molecule has 0 aliphatic rings. The molecule has 4 nitrogen and oxygen atoms in total. The number of carbonyl (C=O) groups is 1. The predicted octanol–water partition coefficient (Wildman–Crippen LogP) is 4.66. The van der Waals surface area contributed by atoms with E-state index in [-0.39, 0.29) is 5.91 Å². The molecule has 1 aromatic carbocycles. The van der Waals surface area contributed by atoms with E-state index in [1.54, 1.807) is 0 Å². The molecule has 25 heavy (non-hydrogen) atoms. The minimum atomic E-state index is -0.177. The van der Waals surface area contributed by atoms with Crippen molar-refractivity contribution in [2.75, 3.05) is 11.9 Å². The molecule has 0 unspecified atom stereocenters. The van der Waals surface area contributed by atoms with Crippen LogP contribution in [0.1, 0.15) is 54.1 Å². The van der Waals surface area contributed by atoms with Gasteiger partial charge in [0.05, 0.1) is 5.56 Å². The monoisotopic (exact) mass is 355 g/mol. The molecule has 1 N–H and O–H groups in total. The van der Waals surface area contributed by atoms with Gasteiger partial charge in [0.15, 0.2) is 0 Å². The van der Waals surface area contributed by atoms with Gasteiger partial charge >= 0.3 is 0 Å². The lowest BCUT2D eigenvalue weighted by Gasteiger charge is -2.24. The molecular weight excluding hydrogens is 330 g/mol. The van der Waals surface area contributed by atoms with Crippen LogP contribution >= 0.6 is 11.3 Å². The molecule has 0 saturated heterocycles. The average molecular weight is 356 g/mol. The highest BCUT2D eigenvalue weighted by molar-refractivity contribution is 7.16. The fraction of sp³-hybridized carbons (Fsp3) is 0.400. The van der Waals surface area contributed by atoms with Crippen molar-refractivity contribution in [1.29, 1.82) is 5.26 Å². The SMILES string of the molecule is CCc1cc(C#N)c(NC(=O)c2ccc(CN(CC)C(C)C)cc2)s1. The summed E-state index contributed by atoms with van der Waals surface area (Å²) in [5.74, 6) is -0.177. The minimum Gasteiger partial charge on any atom is -0.312 e. The number of benzene rings is 1. The fourth-order valence-corrected chi connectivity index (χ4v) is 3.56. The Bertz CT molecular complexity index is 756. The Morgan fingerprint density at radius 1 is 1.28 bits per heavy atom. The van der Waals surface area contributed by atoms with Crippen LogP contribution in [-0.4, -0.2) is 23.4 Å². The van der Waals surface area contributed by atoms with Gasteiger partial charge in [0.2, 0.25) is 0 Å². The van der Waals surface area contributed by atoms with E-state index in [4.69, 9.17) is 0 Å². The molecule has 2 aromatic rings. The number of anilines is 1. The Hall–Kier alpha value is -2.16. The second-order valence-electron chi connectivity index (χ2n) is 6.23. The second kappa shape index (κ2) is 8.80. The van der Waals surface area contributed by atoms with Gasteiger partial charge < -0.3 is 5.32 Å². The zero-order valence-electron chi connectivity index (χ0n) is 15.3. The Morgan fingerprint density at radius 2 is 1.96 bits per heavy atom. The summed E-state index contributed by atoms with van der Waals surface area (Å²) in [6.07, 6.45) is 0.855. The number of nitrogens with one attached hydrogen (secondary N) is 1. The van der Waals surface area contributed by atoms with E-state index >= 15 is 0 Å². The number of nitriles is 1. The summed E-state index contributed by atoms with van der Waals surface area (Å²) in [5, 5.41) is 12.7. The Morgan fingerprint density at radius 3 is 2.48 bits per heavy atom. The molecule has 0 spiro atoms. The first-order chi connectivity index (χ1) is 12.0. The molecule has 0 bridgehead atoms. The minimum absolute atomic E-state index is 0.177. The Kier molecular flexibility index (Phi) is 6.74. The van der Waals surface area contributed by atoms with E-state index in [1.165, 1.54) is 16.9 Å². The first-order valence-corrected chi connectivity index (χ1v) is 9.47. The Balaban J connectivity index is 2.08. The predicted molar refractivity (Wildman–Crippen MR) is 104 cm³/mol. The number of rotatable bonds is 7. The highest BCUT2D eigenvalue weighted by Crippen LogP contribution is 2.28. The van der Waals surface area contributed by atoms with Gasteiger partial charge in [-0.15, -0.1) is 11.3 Å².